The lowest BCUT2D eigenvalue weighted by Gasteiger charge is -2.30. The molecule has 0 spiro atoms. The van der Waals surface area contributed by atoms with Crippen molar-refractivity contribution in [2.75, 3.05) is 26.7 Å². The van der Waals surface area contributed by atoms with Gasteiger partial charge in [0.05, 0.1) is 26.7 Å². The van der Waals surface area contributed by atoms with Crippen LogP contribution < -0.4 is 5.11 Å². The van der Waals surface area contributed by atoms with Crippen molar-refractivity contribution in [1.82, 2.24) is 0 Å². The standard InChI is InChI=1S/C7H18N.C5H3BF2O9/c1-5-8(4,6-2)7-3;7-5(8,3(11)12)4(13)16-1(9)2(10)17-6(14)15/h5-7H2,1-4H3;14-15H,(H,11,12)/q+1;/p-1. The first kappa shape index (κ1) is 25.1. The fourth-order valence-electron chi connectivity index (χ4n) is 1.09. The van der Waals surface area contributed by atoms with E-state index in [4.69, 9.17) is 10.0 Å². The number of hydrogen-bond acceptors (Lipinski definition) is 9. The molecule has 0 aromatic heterocycles. The third-order valence-electron chi connectivity index (χ3n) is 3.37. The van der Waals surface area contributed by atoms with Crippen molar-refractivity contribution < 1.29 is 57.0 Å². The first-order chi connectivity index (χ1) is 11.3. The van der Waals surface area contributed by atoms with Gasteiger partial charge in [0.15, 0.2) is 0 Å². The highest BCUT2D eigenvalue weighted by Gasteiger charge is 2.45. The Morgan fingerprint density at radius 1 is 1.04 bits per heavy atom. The summed E-state index contributed by atoms with van der Waals surface area (Å²) in [6, 6.07) is 0. The van der Waals surface area contributed by atoms with E-state index in [9.17, 15) is 33.1 Å². The van der Waals surface area contributed by atoms with Crippen molar-refractivity contribution in [3.05, 3.63) is 0 Å². The zero-order valence-electron chi connectivity index (χ0n) is 14.2. The highest BCUT2D eigenvalue weighted by molar-refractivity contribution is 6.44. The van der Waals surface area contributed by atoms with E-state index in [0.29, 0.717) is 0 Å². The molecule has 0 heterocycles. The molecule has 13 heteroatoms. The monoisotopic (exact) mass is 371 g/mol. The molecule has 0 aliphatic rings. The molecule has 10 nitrogen and oxygen atoms in total. The number of carbonyl (C=O) groups is 4. The topological polar surface area (TPSA) is 150 Å². The van der Waals surface area contributed by atoms with E-state index in [2.05, 4.69) is 37.2 Å². The lowest BCUT2D eigenvalue weighted by molar-refractivity contribution is -0.904. The summed E-state index contributed by atoms with van der Waals surface area (Å²) in [5, 5.41) is 25.8. The maximum atomic E-state index is 12.3. The molecule has 0 atom stereocenters. The number of carbonyl (C=O) groups excluding carboxylic acids is 4. The second-order valence-corrected chi connectivity index (χ2v) is 4.84. The largest absolute Gasteiger partial charge is 0.709 e. The highest BCUT2D eigenvalue weighted by Crippen LogP contribution is 2.14. The number of carboxylic acids is 1. The third kappa shape index (κ3) is 9.07. The van der Waals surface area contributed by atoms with Crippen LogP contribution in [0.3, 0.4) is 0 Å². The number of quaternary nitrogens is 1. The van der Waals surface area contributed by atoms with Crippen molar-refractivity contribution in [2.24, 2.45) is 0 Å². The number of nitrogens with zero attached hydrogens (tertiary/aromatic N) is 1. The Balaban J connectivity index is 0. The van der Waals surface area contributed by atoms with E-state index in [0.717, 1.165) is 0 Å². The van der Waals surface area contributed by atoms with Gasteiger partial charge in [0, 0.05) is 0 Å². The van der Waals surface area contributed by atoms with Gasteiger partial charge in [-0.2, -0.15) is 8.78 Å². The molecule has 0 aliphatic carbocycles. The number of hydrogen-bond donors (Lipinski definition) is 2. The zero-order valence-corrected chi connectivity index (χ0v) is 14.2. The van der Waals surface area contributed by atoms with Crippen LogP contribution >= 0.6 is 0 Å². The molecule has 0 fully saturated rings. The van der Waals surface area contributed by atoms with Gasteiger partial charge in [-0.25, -0.2) is 14.4 Å². The number of rotatable bonds is 6. The maximum Gasteiger partial charge on any atom is 0.709 e. The van der Waals surface area contributed by atoms with E-state index >= 15 is 0 Å². The Hall–Kier alpha value is -2.12. The molecule has 0 saturated heterocycles. The van der Waals surface area contributed by atoms with Crippen molar-refractivity contribution in [1.29, 1.82) is 0 Å². The molecular weight excluding hydrogens is 351 g/mol. The van der Waals surface area contributed by atoms with Gasteiger partial charge < -0.3 is 33.8 Å². The second kappa shape index (κ2) is 10.7. The van der Waals surface area contributed by atoms with E-state index in [1.54, 1.807) is 0 Å². The lowest BCUT2D eigenvalue weighted by Crippen LogP contribution is -2.49. The molecule has 0 aliphatic heterocycles. The summed E-state index contributed by atoms with van der Waals surface area (Å²) in [5.41, 5.74) is 0. The molecule has 0 radical (unpaired) electrons. The minimum absolute atomic E-state index is 1.21. The third-order valence-corrected chi connectivity index (χ3v) is 3.37. The summed E-state index contributed by atoms with van der Waals surface area (Å²) in [7, 11) is -0.452. The SMILES string of the molecule is CC[N+](C)(CC)CC.O=C(OB(O)O)C(=O)OC(=O)C(F)(F)C(=O)[O-]. The summed E-state index contributed by atoms with van der Waals surface area (Å²) in [4.78, 5) is 41.0. The van der Waals surface area contributed by atoms with Crippen molar-refractivity contribution >= 4 is 31.2 Å². The maximum absolute atomic E-state index is 12.3. The number of carboxylic acid groups (broad SMARTS) is 1. The molecule has 25 heavy (non-hydrogen) atoms. The van der Waals surface area contributed by atoms with Crippen LogP contribution in [0.25, 0.3) is 0 Å². The fraction of sp³-hybridized carbons (Fsp3) is 0.667. The minimum Gasteiger partial charge on any atom is -0.543 e. The molecule has 0 bridgehead atoms. The molecule has 0 amide bonds. The van der Waals surface area contributed by atoms with Crippen molar-refractivity contribution in [3.63, 3.8) is 0 Å². The fourth-order valence-corrected chi connectivity index (χ4v) is 1.09. The van der Waals surface area contributed by atoms with Crippen molar-refractivity contribution in [2.45, 2.75) is 26.7 Å². The molecule has 0 aromatic rings. The number of aliphatic carboxylic acids is 1. The second-order valence-electron chi connectivity index (χ2n) is 4.84. The number of alkyl halides is 2. The van der Waals surface area contributed by atoms with Crippen LogP contribution in [-0.4, -0.2) is 78.3 Å². The summed E-state index contributed by atoms with van der Waals surface area (Å²) in [6.07, 6.45) is 0. The summed E-state index contributed by atoms with van der Waals surface area (Å²) < 4.78 is 32.2. The highest BCUT2D eigenvalue weighted by atomic mass is 19.3. The molecule has 0 unspecified atom stereocenters. The van der Waals surface area contributed by atoms with Crippen LogP contribution in [0.15, 0.2) is 0 Å². The molecular formula is C12H20BF2NO9. The van der Waals surface area contributed by atoms with E-state index in [1.165, 1.54) is 24.1 Å². The van der Waals surface area contributed by atoms with E-state index in [-0.39, 0.29) is 0 Å². The Bertz CT molecular complexity index is 487. The minimum atomic E-state index is -5.15. The predicted octanol–water partition coefficient (Wildman–Crippen LogP) is -2.55. The van der Waals surface area contributed by atoms with Gasteiger partial charge in [0.2, 0.25) is 0 Å². The molecule has 0 saturated carbocycles. The first-order valence-corrected chi connectivity index (χ1v) is 7.03. The number of halogens is 2. The molecule has 2 N–H and O–H groups in total. The summed E-state index contributed by atoms with van der Waals surface area (Å²) in [5.74, 6) is -15.7. The summed E-state index contributed by atoms with van der Waals surface area (Å²) >= 11 is 0. The Morgan fingerprint density at radius 2 is 1.44 bits per heavy atom. The lowest BCUT2D eigenvalue weighted by atomic mass is 10.3. The first-order valence-electron chi connectivity index (χ1n) is 7.03. The average molecular weight is 371 g/mol. The normalized spacial score (nSPS) is 10.9. The van der Waals surface area contributed by atoms with Crippen LogP contribution in [0.2, 0.25) is 0 Å². The van der Waals surface area contributed by atoms with Gasteiger partial charge in [0.25, 0.3) is 0 Å². The quantitative estimate of drug-likeness (QED) is 0.169. The van der Waals surface area contributed by atoms with Crippen LogP contribution in [0.1, 0.15) is 20.8 Å². The predicted molar refractivity (Wildman–Crippen MR) is 75.1 cm³/mol. The van der Waals surface area contributed by atoms with E-state index in [1.807, 2.05) is 0 Å². The number of esters is 2. The summed E-state index contributed by atoms with van der Waals surface area (Å²) in [6.45, 7) is 10.5. The van der Waals surface area contributed by atoms with Crippen LogP contribution in [0.5, 0.6) is 0 Å². The van der Waals surface area contributed by atoms with Gasteiger partial charge in [-0.05, 0) is 20.8 Å². The van der Waals surface area contributed by atoms with Gasteiger partial charge in [-0.1, -0.05) is 0 Å². The van der Waals surface area contributed by atoms with E-state index < -0.39 is 37.1 Å². The van der Waals surface area contributed by atoms with Gasteiger partial charge in [-0.3, -0.25) is 0 Å². The molecule has 0 rings (SSSR count). The average Bonchev–Trinajstić information content (AvgIpc) is 2.53. The zero-order chi connectivity index (χ0) is 20.4. The van der Waals surface area contributed by atoms with Crippen LogP contribution in [0.4, 0.5) is 8.78 Å². The Morgan fingerprint density at radius 3 is 1.68 bits per heavy atom. The molecule has 0 aromatic carbocycles. The van der Waals surface area contributed by atoms with Crippen LogP contribution in [0, 0.1) is 0 Å². The van der Waals surface area contributed by atoms with Gasteiger partial charge in [0.1, 0.15) is 5.97 Å². The van der Waals surface area contributed by atoms with Crippen LogP contribution in [-0.2, 0) is 28.6 Å². The van der Waals surface area contributed by atoms with Gasteiger partial charge in [-0.15, -0.1) is 0 Å². The Labute approximate surface area is 142 Å². The smallest absolute Gasteiger partial charge is 0.543 e. The molecule has 144 valence electrons. The Kier molecular flexibility index (Phi) is 10.7. The number of ether oxygens (including phenoxy) is 1. The van der Waals surface area contributed by atoms with Crippen molar-refractivity contribution in [3.8, 4) is 0 Å². The van der Waals surface area contributed by atoms with Gasteiger partial charge >= 0.3 is 31.2 Å².